The Morgan fingerprint density at radius 1 is 1.39 bits per heavy atom. The first-order chi connectivity index (χ1) is 8.74. The van der Waals surface area contributed by atoms with E-state index in [1.54, 1.807) is 18.2 Å². The van der Waals surface area contributed by atoms with Gasteiger partial charge < -0.3 is 14.8 Å². The van der Waals surface area contributed by atoms with Crippen molar-refractivity contribution in [2.45, 2.75) is 18.9 Å². The fourth-order valence-corrected chi connectivity index (χ4v) is 2.21. The first-order valence-electron chi connectivity index (χ1n) is 5.96. The Bertz CT molecular complexity index is 506. The average molecular weight is 247 g/mol. The van der Waals surface area contributed by atoms with Gasteiger partial charge in [0.05, 0.1) is 5.69 Å². The molecule has 18 heavy (non-hydrogen) atoms. The van der Waals surface area contributed by atoms with E-state index in [9.17, 15) is 9.59 Å². The molecule has 1 unspecified atom stereocenters. The zero-order valence-electron chi connectivity index (χ0n) is 9.77. The van der Waals surface area contributed by atoms with Crippen molar-refractivity contribution in [2.24, 2.45) is 0 Å². The summed E-state index contributed by atoms with van der Waals surface area (Å²) in [6, 6.07) is 5.06. The van der Waals surface area contributed by atoms with Crippen LogP contribution >= 0.6 is 0 Å². The largest absolute Gasteiger partial charge is 0.482 e. The van der Waals surface area contributed by atoms with E-state index >= 15 is 0 Å². The van der Waals surface area contributed by atoms with Gasteiger partial charge in [0.1, 0.15) is 11.9 Å². The Labute approximate surface area is 104 Å². The predicted octanol–water partition coefficient (Wildman–Crippen LogP) is 1.38. The van der Waals surface area contributed by atoms with Gasteiger partial charge in [-0.15, -0.1) is 0 Å². The average Bonchev–Trinajstić information content (AvgIpc) is 2.90. The molecule has 1 fully saturated rings. The number of fused-ring (bicyclic) bond motifs is 1. The summed E-state index contributed by atoms with van der Waals surface area (Å²) >= 11 is 0. The minimum Gasteiger partial charge on any atom is -0.482 e. The Morgan fingerprint density at radius 3 is 3.06 bits per heavy atom. The van der Waals surface area contributed by atoms with E-state index in [4.69, 9.17) is 9.47 Å². The number of ether oxygens (including phenoxy) is 2. The Morgan fingerprint density at radius 2 is 2.28 bits per heavy atom. The molecule has 1 N–H and O–H groups in total. The van der Waals surface area contributed by atoms with Crippen molar-refractivity contribution in [1.82, 2.24) is 0 Å². The third kappa shape index (κ3) is 1.97. The fraction of sp³-hybridized carbons (Fsp3) is 0.385. The van der Waals surface area contributed by atoms with Crippen LogP contribution in [0.5, 0.6) is 5.75 Å². The molecule has 0 bridgehead atoms. The summed E-state index contributed by atoms with van der Waals surface area (Å²) < 4.78 is 10.6. The number of ketones is 1. The van der Waals surface area contributed by atoms with Gasteiger partial charge >= 0.3 is 0 Å². The second-order valence-electron chi connectivity index (χ2n) is 4.41. The third-order valence-corrected chi connectivity index (χ3v) is 3.12. The van der Waals surface area contributed by atoms with Gasteiger partial charge in [-0.25, -0.2) is 0 Å². The number of hydrogen-bond acceptors (Lipinski definition) is 4. The highest BCUT2D eigenvalue weighted by Crippen LogP contribution is 2.29. The minimum atomic E-state index is -0.344. The molecule has 0 aromatic heterocycles. The maximum atomic E-state index is 12.1. The molecule has 1 aromatic carbocycles. The van der Waals surface area contributed by atoms with Crippen LogP contribution in [0.15, 0.2) is 18.2 Å². The van der Waals surface area contributed by atoms with Crippen molar-refractivity contribution < 1.29 is 19.1 Å². The molecule has 2 heterocycles. The van der Waals surface area contributed by atoms with Crippen LogP contribution in [0.2, 0.25) is 0 Å². The number of benzene rings is 1. The molecule has 2 aliphatic heterocycles. The van der Waals surface area contributed by atoms with Crippen LogP contribution in [-0.2, 0) is 9.53 Å². The first kappa shape index (κ1) is 11.2. The van der Waals surface area contributed by atoms with Crippen LogP contribution in [-0.4, -0.2) is 31.0 Å². The molecule has 0 radical (unpaired) electrons. The van der Waals surface area contributed by atoms with Gasteiger partial charge in [0.25, 0.3) is 5.91 Å². The molecule has 1 saturated heterocycles. The molecule has 5 nitrogen and oxygen atoms in total. The van der Waals surface area contributed by atoms with E-state index in [0.717, 1.165) is 12.8 Å². The number of nitrogens with one attached hydrogen (secondary N) is 1. The van der Waals surface area contributed by atoms with Crippen molar-refractivity contribution in [2.75, 3.05) is 18.5 Å². The van der Waals surface area contributed by atoms with Crippen molar-refractivity contribution >= 4 is 17.4 Å². The first-order valence-corrected chi connectivity index (χ1v) is 5.96. The fourth-order valence-electron chi connectivity index (χ4n) is 2.21. The second-order valence-corrected chi connectivity index (χ2v) is 4.41. The summed E-state index contributed by atoms with van der Waals surface area (Å²) in [5, 5.41) is 2.69. The van der Waals surface area contributed by atoms with Gasteiger partial charge in [-0.05, 0) is 31.0 Å². The highest BCUT2D eigenvalue weighted by Gasteiger charge is 2.26. The van der Waals surface area contributed by atoms with Gasteiger partial charge in [0, 0.05) is 12.2 Å². The van der Waals surface area contributed by atoms with Crippen molar-refractivity contribution in [1.29, 1.82) is 0 Å². The summed E-state index contributed by atoms with van der Waals surface area (Å²) in [5.41, 5.74) is 1.10. The quantitative estimate of drug-likeness (QED) is 0.802. The van der Waals surface area contributed by atoms with Crippen LogP contribution in [0.25, 0.3) is 0 Å². The number of rotatable bonds is 2. The molecule has 94 valence electrons. The van der Waals surface area contributed by atoms with Crippen LogP contribution in [0.1, 0.15) is 23.2 Å². The number of anilines is 1. The molecule has 1 amide bonds. The van der Waals surface area contributed by atoms with Gasteiger partial charge in [0.2, 0.25) is 0 Å². The normalized spacial score (nSPS) is 22.0. The van der Waals surface area contributed by atoms with E-state index in [-0.39, 0.29) is 24.4 Å². The maximum Gasteiger partial charge on any atom is 0.262 e. The number of amides is 1. The number of carbonyl (C=O) groups excluding carboxylic acids is 2. The monoisotopic (exact) mass is 247 g/mol. The lowest BCUT2D eigenvalue weighted by Crippen LogP contribution is -2.26. The lowest BCUT2D eigenvalue weighted by molar-refractivity contribution is -0.118. The summed E-state index contributed by atoms with van der Waals surface area (Å²) in [5.74, 6) is 0.359. The zero-order valence-corrected chi connectivity index (χ0v) is 9.77. The molecular weight excluding hydrogens is 234 g/mol. The molecule has 1 aromatic rings. The van der Waals surface area contributed by atoms with Crippen molar-refractivity contribution in [3.63, 3.8) is 0 Å². The van der Waals surface area contributed by atoms with E-state index in [1.165, 1.54) is 0 Å². The Hall–Kier alpha value is -1.88. The van der Waals surface area contributed by atoms with Crippen LogP contribution in [0.3, 0.4) is 0 Å². The smallest absolute Gasteiger partial charge is 0.262 e. The van der Waals surface area contributed by atoms with Crippen LogP contribution < -0.4 is 10.1 Å². The Balaban J connectivity index is 1.87. The van der Waals surface area contributed by atoms with Gasteiger partial charge in [-0.3, -0.25) is 9.59 Å². The number of carbonyl (C=O) groups is 2. The summed E-state index contributed by atoms with van der Waals surface area (Å²) in [4.78, 5) is 23.4. The van der Waals surface area contributed by atoms with E-state index < -0.39 is 0 Å². The SMILES string of the molecule is O=C1COc2ccc(C(=O)C3CCCO3)cc2N1. The number of Topliss-reactive ketones (excluding diaryl/α,β-unsaturated/α-hetero) is 1. The molecule has 0 aliphatic carbocycles. The van der Waals surface area contributed by atoms with Crippen LogP contribution in [0.4, 0.5) is 5.69 Å². The van der Waals surface area contributed by atoms with Gasteiger partial charge in [0.15, 0.2) is 12.4 Å². The van der Waals surface area contributed by atoms with Crippen molar-refractivity contribution in [3.8, 4) is 5.75 Å². The molecule has 1 atom stereocenters. The van der Waals surface area contributed by atoms with E-state index in [1.807, 2.05) is 0 Å². The minimum absolute atomic E-state index is 0.0199. The Kier molecular flexibility index (Phi) is 2.76. The third-order valence-electron chi connectivity index (χ3n) is 3.12. The predicted molar refractivity (Wildman–Crippen MR) is 63.9 cm³/mol. The van der Waals surface area contributed by atoms with Crippen LogP contribution in [0, 0.1) is 0 Å². The molecular formula is C13H13NO4. The highest BCUT2D eigenvalue weighted by atomic mass is 16.5. The summed E-state index contributed by atoms with van der Waals surface area (Å²) in [7, 11) is 0. The van der Waals surface area contributed by atoms with Crippen molar-refractivity contribution in [3.05, 3.63) is 23.8 Å². The van der Waals surface area contributed by atoms with E-state index in [0.29, 0.717) is 23.6 Å². The molecule has 3 rings (SSSR count). The van der Waals surface area contributed by atoms with Gasteiger partial charge in [-0.1, -0.05) is 0 Å². The van der Waals surface area contributed by atoms with E-state index in [2.05, 4.69) is 5.32 Å². The summed E-state index contributed by atoms with van der Waals surface area (Å²) in [6.07, 6.45) is 1.34. The topological polar surface area (TPSA) is 64.6 Å². The lowest BCUT2D eigenvalue weighted by Gasteiger charge is -2.18. The second kappa shape index (κ2) is 4.42. The molecule has 0 spiro atoms. The summed E-state index contributed by atoms with van der Waals surface area (Å²) in [6.45, 7) is 0.660. The maximum absolute atomic E-state index is 12.1. The molecule has 5 heteroatoms. The standard InChI is InChI=1S/C13H13NO4/c15-12-7-18-10-4-3-8(6-9(10)14-12)13(16)11-2-1-5-17-11/h3-4,6,11H,1-2,5,7H2,(H,14,15). The number of hydrogen-bond donors (Lipinski definition) is 1. The molecule has 2 aliphatic rings. The molecule has 0 saturated carbocycles. The lowest BCUT2D eigenvalue weighted by atomic mass is 10.0. The zero-order chi connectivity index (χ0) is 12.5. The highest BCUT2D eigenvalue weighted by molar-refractivity contribution is 6.02. The van der Waals surface area contributed by atoms with Gasteiger partial charge in [-0.2, -0.15) is 0 Å².